The Balaban J connectivity index is 2.04. The van der Waals surface area contributed by atoms with Crippen LogP contribution >= 0.6 is 15.9 Å². The standard InChI is InChI=1S/C12H14BrN3O/c13-10-5-2-1-4-9(10)8-11-15-12(17-16-11)6-3-7-14/h1-2,4-5H,3,6-8,14H2. The van der Waals surface area contributed by atoms with Gasteiger partial charge in [0.2, 0.25) is 5.89 Å². The van der Waals surface area contributed by atoms with Crippen LogP contribution in [0.25, 0.3) is 0 Å². The number of aromatic nitrogens is 2. The van der Waals surface area contributed by atoms with Crippen LogP contribution in [0.1, 0.15) is 23.7 Å². The maximum absolute atomic E-state index is 5.43. The maximum atomic E-state index is 5.43. The Kier molecular flexibility index (Phi) is 4.28. The summed E-state index contributed by atoms with van der Waals surface area (Å²) in [5, 5.41) is 3.96. The highest BCUT2D eigenvalue weighted by atomic mass is 79.9. The zero-order chi connectivity index (χ0) is 12.1. The van der Waals surface area contributed by atoms with Crippen molar-refractivity contribution in [2.75, 3.05) is 6.54 Å². The SMILES string of the molecule is NCCCc1nc(Cc2ccccc2Br)no1. The molecule has 0 fully saturated rings. The average molecular weight is 296 g/mol. The molecule has 90 valence electrons. The van der Waals surface area contributed by atoms with Gasteiger partial charge in [0.25, 0.3) is 0 Å². The predicted molar refractivity (Wildman–Crippen MR) is 68.6 cm³/mol. The number of hydrogen-bond acceptors (Lipinski definition) is 4. The summed E-state index contributed by atoms with van der Waals surface area (Å²) in [5.41, 5.74) is 6.58. The Morgan fingerprint density at radius 3 is 2.88 bits per heavy atom. The van der Waals surface area contributed by atoms with Crippen molar-refractivity contribution in [3.63, 3.8) is 0 Å². The largest absolute Gasteiger partial charge is 0.339 e. The van der Waals surface area contributed by atoms with E-state index in [9.17, 15) is 0 Å². The molecule has 0 radical (unpaired) electrons. The normalized spacial score (nSPS) is 10.7. The van der Waals surface area contributed by atoms with Crippen molar-refractivity contribution in [3.05, 3.63) is 46.0 Å². The summed E-state index contributed by atoms with van der Waals surface area (Å²) < 4.78 is 6.21. The molecule has 0 bridgehead atoms. The summed E-state index contributed by atoms with van der Waals surface area (Å²) in [5.74, 6) is 1.38. The lowest BCUT2D eigenvalue weighted by Crippen LogP contribution is -2.00. The van der Waals surface area contributed by atoms with Crippen LogP contribution in [0.5, 0.6) is 0 Å². The third-order valence-corrected chi connectivity index (χ3v) is 3.18. The van der Waals surface area contributed by atoms with Crippen LogP contribution in [0.2, 0.25) is 0 Å². The first kappa shape index (κ1) is 12.3. The summed E-state index contributed by atoms with van der Waals surface area (Å²) in [6.07, 6.45) is 2.30. The molecule has 0 unspecified atom stereocenters. The third-order valence-electron chi connectivity index (χ3n) is 2.41. The molecule has 1 heterocycles. The fraction of sp³-hybridized carbons (Fsp3) is 0.333. The van der Waals surface area contributed by atoms with Gasteiger partial charge >= 0.3 is 0 Å². The lowest BCUT2D eigenvalue weighted by Gasteiger charge is -1.99. The van der Waals surface area contributed by atoms with E-state index >= 15 is 0 Å². The van der Waals surface area contributed by atoms with Crippen LogP contribution in [-0.4, -0.2) is 16.7 Å². The monoisotopic (exact) mass is 295 g/mol. The zero-order valence-corrected chi connectivity index (χ0v) is 11.0. The Hall–Kier alpha value is -1.20. The van der Waals surface area contributed by atoms with Gasteiger partial charge in [0.05, 0.1) is 0 Å². The number of aryl methyl sites for hydroxylation is 1. The zero-order valence-electron chi connectivity index (χ0n) is 9.40. The Bertz CT molecular complexity index is 484. The molecule has 0 aliphatic rings. The van der Waals surface area contributed by atoms with Crippen molar-refractivity contribution in [3.8, 4) is 0 Å². The number of hydrogen-bond donors (Lipinski definition) is 1. The highest BCUT2D eigenvalue weighted by Gasteiger charge is 2.08. The minimum absolute atomic E-state index is 0.641. The van der Waals surface area contributed by atoms with Gasteiger partial charge < -0.3 is 10.3 Å². The molecule has 0 amide bonds. The van der Waals surface area contributed by atoms with E-state index in [1.54, 1.807) is 0 Å². The van der Waals surface area contributed by atoms with Crippen molar-refractivity contribution in [2.24, 2.45) is 5.73 Å². The molecule has 1 aromatic carbocycles. The lowest BCUT2D eigenvalue weighted by molar-refractivity contribution is 0.371. The highest BCUT2D eigenvalue weighted by Crippen LogP contribution is 2.18. The van der Waals surface area contributed by atoms with E-state index in [2.05, 4.69) is 26.1 Å². The predicted octanol–water partition coefficient (Wildman–Crippen LogP) is 2.31. The molecular formula is C12H14BrN3O. The van der Waals surface area contributed by atoms with Gasteiger partial charge in [-0.15, -0.1) is 0 Å². The molecule has 0 aliphatic heterocycles. The van der Waals surface area contributed by atoms with Crippen LogP contribution in [0.4, 0.5) is 0 Å². The fourth-order valence-electron chi connectivity index (χ4n) is 1.53. The van der Waals surface area contributed by atoms with Gasteiger partial charge in [0.15, 0.2) is 5.82 Å². The second-order valence-electron chi connectivity index (χ2n) is 3.76. The minimum Gasteiger partial charge on any atom is -0.339 e. The molecule has 17 heavy (non-hydrogen) atoms. The van der Waals surface area contributed by atoms with Crippen molar-refractivity contribution in [1.82, 2.24) is 10.1 Å². The first-order chi connectivity index (χ1) is 8.29. The number of nitrogens with two attached hydrogens (primary N) is 1. The Labute approximate surface area is 108 Å². The van der Waals surface area contributed by atoms with Crippen LogP contribution in [0.3, 0.4) is 0 Å². The van der Waals surface area contributed by atoms with Gasteiger partial charge in [-0.25, -0.2) is 0 Å². The topological polar surface area (TPSA) is 64.9 Å². The fourth-order valence-corrected chi connectivity index (χ4v) is 1.95. The maximum Gasteiger partial charge on any atom is 0.226 e. The Morgan fingerprint density at radius 1 is 1.29 bits per heavy atom. The van der Waals surface area contributed by atoms with Crippen LogP contribution in [-0.2, 0) is 12.8 Å². The number of rotatable bonds is 5. The number of benzene rings is 1. The van der Waals surface area contributed by atoms with E-state index in [1.807, 2.05) is 24.3 Å². The van der Waals surface area contributed by atoms with Crippen LogP contribution < -0.4 is 5.73 Å². The lowest BCUT2D eigenvalue weighted by atomic mass is 10.1. The van der Waals surface area contributed by atoms with E-state index in [1.165, 1.54) is 0 Å². The Morgan fingerprint density at radius 2 is 2.12 bits per heavy atom. The molecule has 0 atom stereocenters. The summed E-state index contributed by atoms with van der Waals surface area (Å²) in [7, 11) is 0. The molecule has 0 spiro atoms. The van der Waals surface area contributed by atoms with E-state index in [0.717, 1.165) is 22.9 Å². The molecule has 2 aromatic rings. The van der Waals surface area contributed by atoms with Crippen molar-refractivity contribution in [1.29, 1.82) is 0 Å². The summed E-state index contributed by atoms with van der Waals surface area (Å²) in [6, 6.07) is 8.02. The van der Waals surface area contributed by atoms with Gasteiger partial charge in [-0.05, 0) is 24.6 Å². The van der Waals surface area contributed by atoms with Crippen LogP contribution in [0.15, 0.2) is 33.3 Å². The quantitative estimate of drug-likeness (QED) is 0.919. The van der Waals surface area contributed by atoms with Gasteiger partial charge in [-0.3, -0.25) is 0 Å². The van der Waals surface area contributed by atoms with Gasteiger partial charge in [0.1, 0.15) is 0 Å². The molecule has 2 N–H and O–H groups in total. The van der Waals surface area contributed by atoms with Crippen molar-refractivity contribution in [2.45, 2.75) is 19.3 Å². The highest BCUT2D eigenvalue weighted by molar-refractivity contribution is 9.10. The van der Waals surface area contributed by atoms with E-state index < -0.39 is 0 Å². The minimum atomic E-state index is 0.641. The van der Waals surface area contributed by atoms with E-state index in [0.29, 0.717) is 24.7 Å². The van der Waals surface area contributed by atoms with Crippen molar-refractivity contribution >= 4 is 15.9 Å². The summed E-state index contributed by atoms with van der Waals surface area (Å²) in [6.45, 7) is 0.641. The first-order valence-electron chi connectivity index (χ1n) is 5.54. The summed E-state index contributed by atoms with van der Waals surface area (Å²) in [4.78, 5) is 4.33. The molecule has 2 rings (SSSR count). The van der Waals surface area contributed by atoms with Gasteiger partial charge in [0, 0.05) is 17.3 Å². The van der Waals surface area contributed by atoms with Crippen molar-refractivity contribution < 1.29 is 4.52 Å². The van der Waals surface area contributed by atoms with Gasteiger partial charge in [-0.2, -0.15) is 4.98 Å². The summed E-state index contributed by atoms with van der Waals surface area (Å²) >= 11 is 3.50. The smallest absolute Gasteiger partial charge is 0.226 e. The van der Waals surface area contributed by atoms with Gasteiger partial charge in [-0.1, -0.05) is 39.3 Å². The van der Waals surface area contributed by atoms with Crippen LogP contribution in [0, 0.1) is 0 Å². The molecule has 1 aromatic heterocycles. The second kappa shape index (κ2) is 5.93. The number of nitrogens with zero attached hydrogens (tertiary/aromatic N) is 2. The third kappa shape index (κ3) is 3.38. The molecule has 4 nitrogen and oxygen atoms in total. The molecule has 0 saturated heterocycles. The molecule has 0 saturated carbocycles. The molecule has 5 heteroatoms. The van der Waals surface area contributed by atoms with E-state index in [4.69, 9.17) is 10.3 Å². The first-order valence-corrected chi connectivity index (χ1v) is 6.34. The molecule has 0 aliphatic carbocycles. The van der Waals surface area contributed by atoms with E-state index in [-0.39, 0.29) is 0 Å². The molecular weight excluding hydrogens is 282 g/mol. The number of halogens is 1. The second-order valence-corrected chi connectivity index (χ2v) is 4.62. The average Bonchev–Trinajstić information content (AvgIpc) is 2.77.